The first kappa shape index (κ1) is 12.2. The third-order valence-electron chi connectivity index (χ3n) is 3.75. The molecule has 4 N–H and O–H groups in total. The summed E-state index contributed by atoms with van der Waals surface area (Å²) in [7, 11) is 0. The number of amides is 1. The van der Waals surface area contributed by atoms with Crippen LogP contribution in [-0.4, -0.2) is 28.2 Å². The molecule has 5 nitrogen and oxygen atoms in total. The van der Waals surface area contributed by atoms with Gasteiger partial charge in [0.25, 0.3) is 5.91 Å². The van der Waals surface area contributed by atoms with Gasteiger partial charge in [-0.15, -0.1) is 0 Å². The van der Waals surface area contributed by atoms with Gasteiger partial charge in [0.05, 0.1) is 11.7 Å². The maximum Gasteiger partial charge on any atom is 0.251 e. The number of aromatic nitrogens is 2. The fourth-order valence-electron chi connectivity index (χ4n) is 2.71. The molecule has 1 aliphatic carbocycles. The number of nitrogens with two attached hydrogens (primary N) is 1. The van der Waals surface area contributed by atoms with Crippen LogP contribution in [0.3, 0.4) is 0 Å². The van der Waals surface area contributed by atoms with Crippen molar-refractivity contribution in [1.82, 2.24) is 15.5 Å². The summed E-state index contributed by atoms with van der Waals surface area (Å²) in [5.74, 6) is -0.0257. The first-order valence-electron chi connectivity index (χ1n) is 6.72. The molecule has 2 atom stereocenters. The highest BCUT2D eigenvalue weighted by molar-refractivity contribution is 5.98. The van der Waals surface area contributed by atoms with Gasteiger partial charge in [-0.3, -0.25) is 9.89 Å². The smallest absolute Gasteiger partial charge is 0.251 e. The molecule has 1 saturated carbocycles. The van der Waals surface area contributed by atoms with Gasteiger partial charge in [0.15, 0.2) is 0 Å². The van der Waals surface area contributed by atoms with Crippen molar-refractivity contribution >= 4 is 16.8 Å². The lowest BCUT2D eigenvalue weighted by molar-refractivity contribution is 0.0926. The van der Waals surface area contributed by atoms with E-state index in [0.29, 0.717) is 5.56 Å². The number of rotatable bonds is 2. The Labute approximate surface area is 111 Å². The monoisotopic (exact) mass is 258 g/mol. The van der Waals surface area contributed by atoms with Crippen molar-refractivity contribution in [3.63, 3.8) is 0 Å². The number of benzene rings is 1. The molecular formula is C14H18N4O. The molecule has 5 heteroatoms. The topological polar surface area (TPSA) is 83.8 Å². The van der Waals surface area contributed by atoms with Crippen LogP contribution in [0.4, 0.5) is 0 Å². The Morgan fingerprint density at radius 3 is 3.16 bits per heavy atom. The van der Waals surface area contributed by atoms with Crippen molar-refractivity contribution in [2.45, 2.75) is 37.8 Å². The van der Waals surface area contributed by atoms with Crippen LogP contribution in [0, 0.1) is 0 Å². The summed E-state index contributed by atoms with van der Waals surface area (Å²) in [4.78, 5) is 12.2. The summed E-state index contributed by atoms with van der Waals surface area (Å²) in [5.41, 5.74) is 7.55. The molecular weight excluding hydrogens is 240 g/mol. The number of nitrogens with one attached hydrogen (secondary N) is 2. The van der Waals surface area contributed by atoms with E-state index in [9.17, 15) is 4.79 Å². The third-order valence-corrected chi connectivity index (χ3v) is 3.75. The normalized spacial score (nSPS) is 23.4. The van der Waals surface area contributed by atoms with Crippen molar-refractivity contribution < 1.29 is 4.79 Å². The van der Waals surface area contributed by atoms with Gasteiger partial charge in [-0.1, -0.05) is 0 Å². The predicted octanol–water partition coefficient (Wildman–Crippen LogP) is 1.56. The maximum atomic E-state index is 12.2. The largest absolute Gasteiger partial charge is 0.349 e. The highest BCUT2D eigenvalue weighted by Crippen LogP contribution is 2.18. The summed E-state index contributed by atoms with van der Waals surface area (Å²) in [5, 5.41) is 10.9. The average molecular weight is 258 g/mol. The Hall–Kier alpha value is -1.88. The van der Waals surface area contributed by atoms with Gasteiger partial charge in [-0.2, -0.15) is 5.10 Å². The number of hydrogen-bond donors (Lipinski definition) is 3. The Bertz CT molecular complexity index is 592. The van der Waals surface area contributed by atoms with E-state index in [1.165, 1.54) is 0 Å². The number of fused-ring (bicyclic) bond motifs is 1. The van der Waals surface area contributed by atoms with E-state index in [1.54, 1.807) is 6.20 Å². The molecule has 0 aliphatic heterocycles. The van der Waals surface area contributed by atoms with Gasteiger partial charge in [-0.05, 0) is 43.9 Å². The Morgan fingerprint density at radius 1 is 1.42 bits per heavy atom. The minimum absolute atomic E-state index is 0.0257. The van der Waals surface area contributed by atoms with Gasteiger partial charge in [-0.25, -0.2) is 0 Å². The number of carbonyl (C=O) groups is 1. The zero-order valence-corrected chi connectivity index (χ0v) is 10.7. The maximum absolute atomic E-state index is 12.2. The number of carbonyl (C=O) groups excluding carboxylic acids is 1. The second kappa shape index (κ2) is 5.01. The average Bonchev–Trinajstić information content (AvgIpc) is 2.85. The van der Waals surface area contributed by atoms with Crippen molar-refractivity contribution in [2.24, 2.45) is 5.73 Å². The summed E-state index contributed by atoms with van der Waals surface area (Å²) >= 11 is 0. The molecule has 19 heavy (non-hydrogen) atoms. The van der Waals surface area contributed by atoms with Gasteiger partial charge >= 0.3 is 0 Å². The summed E-state index contributed by atoms with van der Waals surface area (Å²) in [6.07, 6.45) is 5.77. The molecule has 3 rings (SSSR count). The van der Waals surface area contributed by atoms with Crippen LogP contribution >= 0.6 is 0 Å². The quantitative estimate of drug-likeness (QED) is 0.764. The summed E-state index contributed by atoms with van der Waals surface area (Å²) < 4.78 is 0. The molecule has 1 heterocycles. The van der Waals surface area contributed by atoms with E-state index in [0.717, 1.165) is 36.6 Å². The third kappa shape index (κ3) is 2.61. The van der Waals surface area contributed by atoms with E-state index >= 15 is 0 Å². The summed E-state index contributed by atoms with van der Waals surface area (Å²) in [6, 6.07) is 5.98. The van der Waals surface area contributed by atoms with E-state index in [4.69, 9.17) is 5.73 Å². The number of hydrogen-bond acceptors (Lipinski definition) is 3. The van der Waals surface area contributed by atoms with E-state index in [1.807, 2.05) is 18.2 Å². The minimum atomic E-state index is -0.0257. The molecule has 2 unspecified atom stereocenters. The minimum Gasteiger partial charge on any atom is -0.349 e. The fourth-order valence-corrected chi connectivity index (χ4v) is 2.71. The second-order valence-electron chi connectivity index (χ2n) is 5.27. The van der Waals surface area contributed by atoms with Gasteiger partial charge in [0, 0.05) is 23.0 Å². The van der Waals surface area contributed by atoms with Gasteiger partial charge < -0.3 is 11.1 Å². The van der Waals surface area contributed by atoms with Gasteiger partial charge in [0.2, 0.25) is 0 Å². The molecule has 2 aromatic rings. The van der Waals surface area contributed by atoms with Crippen molar-refractivity contribution in [3.05, 3.63) is 30.0 Å². The molecule has 1 fully saturated rings. The lowest BCUT2D eigenvalue weighted by atomic mass is 9.91. The van der Waals surface area contributed by atoms with Gasteiger partial charge in [0.1, 0.15) is 0 Å². The molecule has 1 aliphatic rings. The molecule has 0 bridgehead atoms. The highest BCUT2D eigenvalue weighted by atomic mass is 16.1. The molecule has 100 valence electrons. The van der Waals surface area contributed by atoms with Crippen molar-refractivity contribution in [3.8, 4) is 0 Å². The number of aromatic amines is 1. The molecule has 1 aromatic carbocycles. The molecule has 1 amide bonds. The van der Waals surface area contributed by atoms with Crippen LogP contribution in [0.25, 0.3) is 10.9 Å². The van der Waals surface area contributed by atoms with Crippen LogP contribution in [0.1, 0.15) is 36.0 Å². The standard InChI is InChI=1S/C14H18N4O/c15-11-2-1-3-12(7-11)17-14(19)9-4-5-13-10(6-9)8-16-18-13/h4-6,8,11-12H,1-3,7,15H2,(H,16,18)(H,17,19). The first-order chi connectivity index (χ1) is 9.22. The molecule has 1 aromatic heterocycles. The van der Waals surface area contributed by atoms with Crippen LogP contribution in [0.2, 0.25) is 0 Å². The molecule has 0 saturated heterocycles. The van der Waals surface area contributed by atoms with Crippen molar-refractivity contribution in [2.75, 3.05) is 0 Å². The highest BCUT2D eigenvalue weighted by Gasteiger charge is 2.21. The first-order valence-corrected chi connectivity index (χ1v) is 6.72. The number of H-pyrrole nitrogens is 1. The van der Waals surface area contributed by atoms with E-state index in [2.05, 4.69) is 15.5 Å². The Balaban J connectivity index is 1.72. The Kier molecular flexibility index (Phi) is 3.21. The lowest BCUT2D eigenvalue weighted by Gasteiger charge is -2.27. The van der Waals surface area contributed by atoms with Crippen molar-refractivity contribution in [1.29, 1.82) is 0 Å². The molecule has 0 spiro atoms. The fraction of sp³-hybridized carbons (Fsp3) is 0.429. The molecule has 0 radical (unpaired) electrons. The Morgan fingerprint density at radius 2 is 2.32 bits per heavy atom. The van der Waals surface area contributed by atoms with Crippen LogP contribution in [0.15, 0.2) is 24.4 Å². The van der Waals surface area contributed by atoms with Crippen LogP contribution < -0.4 is 11.1 Å². The summed E-state index contributed by atoms with van der Waals surface area (Å²) in [6.45, 7) is 0. The van der Waals surface area contributed by atoms with Crippen LogP contribution in [-0.2, 0) is 0 Å². The zero-order chi connectivity index (χ0) is 13.2. The predicted molar refractivity (Wildman–Crippen MR) is 73.8 cm³/mol. The lowest BCUT2D eigenvalue weighted by Crippen LogP contribution is -2.42. The number of nitrogens with zero attached hydrogens (tertiary/aromatic N) is 1. The zero-order valence-electron chi connectivity index (χ0n) is 10.7. The van der Waals surface area contributed by atoms with E-state index in [-0.39, 0.29) is 18.0 Å². The van der Waals surface area contributed by atoms with Crippen LogP contribution in [0.5, 0.6) is 0 Å². The SMILES string of the molecule is NC1CCCC(NC(=O)c2ccc3[nH]ncc3c2)C1. The van der Waals surface area contributed by atoms with E-state index < -0.39 is 0 Å². The second-order valence-corrected chi connectivity index (χ2v) is 5.27.